The molecule has 42 heavy (non-hydrogen) atoms. The Morgan fingerprint density at radius 1 is 1.12 bits per heavy atom. The molecule has 4 rings (SSSR count). The number of nitrogens with one attached hydrogen (secondary N) is 1. The van der Waals surface area contributed by atoms with Crippen LogP contribution in [0.15, 0.2) is 59.2 Å². The summed E-state index contributed by atoms with van der Waals surface area (Å²) in [6.45, 7) is -0.244. The van der Waals surface area contributed by atoms with Gasteiger partial charge >= 0.3 is 6.18 Å². The summed E-state index contributed by atoms with van der Waals surface area (Å²) >= 11 is 0. The number of carbonyl (C=O) groups excluding carboxylic acids is 1. The molecule has 1 aliphatic heterocycles. The van der Waals surface area contributed by atoms with Crippen molar-refractivity contribution in [1.29, 1.82) is 0 Å². The van der Waals surface area contributed by atoms with Crippen molar-refractivity contribution < 1.29 is 49.5 Å². The van der Waals surface area contributed by atoms with Crippen LogP contribution < -0.4 is 14.8 Å². The van der Waals surface area contributed by atoms with E-state index in [-0.39, 0.29) is 28.7 Å². The van der Waals surface area contributed by atoms with E-state index >= 15 is 0 Å². The van der Waals surface area contributed by atoms with Crippen LogP contribution in [0.4, 0.5) is 17.6 Å². The topological polar surface area (TPSA) is 124 Å². The molecule has 0 bridgehead atoms. The maximum Gasteiger partial charge on any atom is 0.424 e. The van der Waals surface area contributed by atoms with Gasteiger partial charge in [-0.25, -0.2) is 4.39 Å². The minimum Gasteiger partial charge on any atom is -0.493 e. The summed E-state index contributed by atoms with van der Waals surface area (Å²) in [6, 6.07) is 8.84. The number of benzene rings is 2. The monoisotopic (exact) mass is 614 g/mol. The van der Waals surface area contributed by atoms with E-state index in [0.29, 0.717) is 5.75 Å². The summed E-state index contributed by atoms with van der Waals surface area (Å²) in [5, 5.41) is 13.2. The molecule has 0 saturated heterocycles. The maximum atomic E-state index is 14.5. The third-order valence-electron chi connectivity index (χ3n) is 6.89. The fourth-order valence-corrected chi connectivity index (χ4v) is 4.73. The zero-order chi connectivity index (χ0) is 30.9. The van der Waals surface area contributed by atoms with Gasteiger partial charge in [0.25, 0.3) is 16.0 Å². The van der Waals surface area contributed by atoms with Gasteiger partial charge in [-0.1, -0.05) is 25.1 Å². The normalized spacial score (nSPS) is 20.7. The molecule has 0 radical (unpaired) electrons. The van der Waals surface area contributed by atoms with Crippen LogP contribution in [0, 0.1) is 17.7 Å². The summed E-state index contributed by atoms with van der Waals surface area (Å²) in [4.78, 5) is 17.0. The number of alkyl halides is 3. The van der Waals surface area contributed by atoms with Gasteiger partial charge in [0.05, 0.1) is 44.0 Å². The summed E-state index contributed by atoms with van der Waals surface area (Å²) in [7, 11) is -2.55. The van der Waals surface area contributed by atoms with Gasteiger partial charge in [0.15, 0.2) is 11.5 Å². The molecular weight excluding hydrogens is 584 g/mol. The van der Waals surface area contributed by atoms with Gasteiger partial charge in [0.2, 0.25) is 5.60 Å². The molecule has 0 spiro atoms. The van der Waals surface area contributed by atoms with Crippen molar-refractivity contribution in [3.63, 3.8) is 0 Å². The number of methoxy groups -OCH3 is 1. The quantitative estimate of drug-likeness (QED) is 0.290. The largest absolute Gasteiger partial charge is 0.493 e. The van der Waals surface area contributed by atoms with Gasteiger partial charge in [-0.3, -0.25) is 14.0 Å². The minimum absolute atomic E-state index is 0.0287. The highest BCUT2D eigenvalue weighted by molar-refractivity contribution is 7.85. The molecule has 14 heteroatoms. The Kier molecular flexibility index (Phi) is 9.00. The first kappa shape index (κ1) is 31.4. The van der Waals surface area contributed by atoms with Crippen LogP contribution in [0.1, 0.15) is 35.7 Å². The SMILES string of the molecule is COc1cc(C(=O)NCC(O)(C2=CC(C)C(COS(C)(=O)=O)C(c3ccc(F)cc3)=N2)C(F)(F)F)ccc1OC1CC1. The van der Waals surface area contributed by atoms with Crippen molar-refractivity contribution in [2.75, 3.05) is 26.5 Å². The van der Waals surface area contributed by atoms with Crippen LogP contribution in [0.5, 0.6) is 11.5 Å². The molecule has 9 nitrogen and oxygen atoms in total. The highest BCUT2D eigenvalue weighted by atomic mass is 32.2. The summed E-state index contributed by atoms with van der Waals surface area (Å²) in [6.07, 6.45) is -1.61. The number of carbonyl (C=O) groups is 1. The van der Waals surface area contributed by atoms with E-state index < -0.39 is 64.3 Å². The van der Waals surface area contributed by atoms with Crippen molar-refractivity contribution in [2.45, 2.75) is 37.6 Å². The number of aliphatic imine (C=N–C) groups is 1. The lowest BCUT2D eigenvalue weighted by Crippen LogP contribution is -2.55. The fourth-order valence-electron chi connectivity index (χ4n) is 4.34. The summed E-state index contributed by atoms with van der Waals surface area (Å²) in [5.41, 5.74) is -4.33. The number of ether oxygens (including phenoxy) is 2. The van der Waals surface area contributed by atoms with E-state index in [2.05, 4.69) is 10.3 Å². The number of halogens is 4. The number of amides is 1. The second kappa shape index (κ2) is 12.0. The van der Waals surface area contributed by atoms with E-state index in [1.54, 1.807) is 0 Å². The van der Waals surface area contributed by atoms with Crippen molar-refractivity contribution in [1.82, 2.24) is 5.32 Å². The molecule has 2 aromatic rings. The average molecular weight is 615 g/mol. The second-order valence-corrected chi connectivity index (χ2v) is 11.9. The highest BCUT2D eigenvalue weighted by Crippen LogP contribution is 2.41. The van der Waals surface area contributed by atoms with Gasteiger partial charge in [-0.05, 0) is 54.7 Å². The van der Waals surface area contributed by atoms with Gasteiger partial charge in [0, 0.05) is 11.5 Å². The van der Waals surface area contributed by atoms with E-state index in [9.17, 15) is 35.9 Å². The number of nitrogens with zero attached hydrogens (tertiary/aromatic N) is 1. The van der Waals surface area contributed by atoms with E-state index in [4.69, 9.17) is 13.7 Å². The fraction of sp³-hybridized carbons (Fsp3) is 0.429. The lowest BCUT2D eigenvalue weighted by Gasteiger charge is -2.36. The minimum atomic E-state index is -5.29. The molecule has 1 fully saturated rings. The molecule has 2 aliphatic rings. The Balaban J connectivity index is 1.64. The number of allylic oxidation sites excluding steroid dienone is 1. The Bertz CT molecular complexity index is 1490. The van der Waals surface area contributed by atoms with E-state index in [0.717, 1.165) is 37.3 Å². The predicted molar refractivity (Wildman–Crippen MR) is 144 cm³/mol. The zero-order valence-corrected chi connectivity index (χ0v) is 23.8. The van der Waals surface area contributed by atoms with Crippen LogP contribution >= 0.6 is 0 Å². The first-order valence-electron chi connectivity index (χ1n) is 12.9. The van der Waals surface area contributed by atoms with E-state index in [1.807, 2.05) is 0 Å². The Morgan fingerprint density at radius 3 is 2.36 bits per heavy atom. The number of hydrogen-bond donors (Lipinski definition) is 2. The van der Waals surface area contributed by atoms with Gasteiger partial charge < -0.3 is 19.9 Å². The molecule has 3 atom stereocenters. The smallest absolute Gasteiger partial charge is 0.424 e. The number of aliphatic hydroxyl groups is 1. The van der Waals surface area contributed by atoms with Gasteiger partial charge in [0.1, 0.15) is 5.82 Å². The predicted octanol–water partition coefficient (Wildman–Crippen LogP) is 4.01. The lowest BCUT2D eigenvalue weighted by molar-refractivity contribution is -0.241. The summed E-state index contributed by atoms with van der Waals surface area (Å²) < 4.78 is 96.1. The first-order chi connectivity index (χ1) is 19.6. The Morgan fingerprint density at radius 2 is 1.79 bits per heavy atom. The average Bonchev–Trinajstić information content (AvgIpc) is 3.74. The first-order valence-corrected chi connectivity index (χ1v) is 14.8. The highest BCUT2D eigenvalue weighted by Gasteiger charge is 2.57. The number of rotatable bonds is 11. The standard InChI is InChI=1S/C28H30F4N2O7S/c1-16-12-24(34-25(17-4-7-19(29)8-5-17)21(16)14-40-42(3,37)38)27(36,28(30,31)32)15-33-26(35)18-6-11-22(23(13-18)39-2)41-20-9-10-20/h4-8,11-13,16,20-21,36H,9-10,14-15H2,1-3H3,(H,33,35). The number of hydrogen-bond acceptors (Lipinski definition) is 8. The van der Waals surface area contributed by atoms with Crippen LogP contribution in [0.2, 0.25) is 0 Å². The molecule has 0 aromatic heterocycles. The van der Waals surface area contributed by atoms with Crippen molar-refractivity contribution in [3.8, 4) is 11.5 Å². The molecular formula is C28H30F4N2O7S. The third-order valence-corrected chi connectivity index (χ3v) is 7.45. The molecule has 1 saturated carbocycles. The van der Waals surface area contributed by atoms with Crippen LogP contribution in [0.3, 0.4) is 0 Å². The summed E-state index contributed by atoms with van der Waals surface area (Å²) in [5.74, 6) is -2.58. The second-order valence-electron chi connectivity index (χ2n) is 10.2. The molecule has 3 unspecified atom stereocenters. The maximum absolute atomic E-state index is 14.5. The Hall–Kier alpha value is -3.49. The van der Waals surface area contributed by atoms with E-state index in [1.165, 1.54) is 44.4 Å². The van der Waals surface area contributed by atoms with Gasteiger partial charge in [-0.2, -0.15) is 21.6 Å². The third kappa shape index (κ3) is 7.28. The van der Waals surface area contributed by atoms with Crippen LogP contribution in [-0.2, 0) is 14.3 Å². The van der Waals surface area contributed by atoms with Crippen molar-refractivity contribution in [2.24, 2.45) is 16.8 Å². The molecule has 1 heterocycles. The van der Waals surface area contributed by atoms with Crippen molar-refractivity contribution in [3.05, 3.63) is 71.2 Å². The zero-order valence-electron chi connectivity index (χ0n) is 22.9. The molecule has 1 aliphatic carbocycles. The molecule has 1 amide bonds. The van der Waals surface area contributed by atoms with Crippen molar-refractivity contribution >= 4 is 21.7 Å². The molecule has 2 aromatic carbocycles. The lowest BCUT2D eigenvalue weighted by atomic mass is 9.81. The molecule has 228 valence electrons. The van der Waals surface area contributed by atoms with Crippen LogP contribution in [0.25, 0.3) is 0 Å². The Labute approximate surface area is 240 Å². The van der Waals surface area contributed by atoms with Gasteiger partial charge in [-0.15, -0.1) is 0 Å². The molecule has 2 N–H and O–H groups in total. The van der Waals surface area contributed by atoms with Crippen LogP contribution in [-0.4, -0.2) is 69.5 Å².